The summed E-state index contributed by atoms with van der Waals surface area (Å²) in [4.78, 5) is 2.05. The van der Waals surface area contributed by atoms with Crippen molar-refractivity contribution in [2.45, 2.75) is 6.54 Å². The van der Waals surface area contributed by atoms with Crippen LogP contribution in [0.15, 0.2) is 40.9 Å². The van der Waals surface area contributed by atoms with Crippen molar-refractivity contribution in [2.24, 2.45) is 0 Å². The molecule has 0 fully saturated rings. The van der Waals surface area contributed by atoms with E-state index in [9.17, 15) is 0 Å². The molecule has 2 nitrogen and oxygen atoms in total. The fourth-order valence-electron chi connectivity index (χ4n) is 1.91. The van der Waals surface area contributed by atoms with Gasteiger partial charge in [-0.05, 0) is 42.0 Å². The van der Waals surface area contributed by atoms with Gasteiger partial charge in [0.1, 0.15) is 0 Å². The standard InChI is InChI=1S/C15H15BrCl2N2/c1-20(2)15-6-4-12(18)8-14(15)19-9-10-7-11(17)3-5-13(10)16/h3-8,19H,9H2,1-2H3. The monoisotopic (exact) mass is 372 g/mol. The summed E-state index contributed by atoms with van der Waals surface area (Å²) in [5.74, 6) is 0. The molecule has 0 aliphatic rings. The van der Waals surface area contributed by atoms with E-state index >= 15 is 0 Å². The maximum atomic E-state index is 6.07. The van der Waals surface area contributed by atoms with Crippen molar-refractivity contribution in [3.63, 3.8) is 0 Å². The van der Waals surface area contributed by atoms with Crippen molar-refractivity contribution < 1.29 is 0 Å². The summed E-state index contributed by atoms with van der Waals surface area (Å²) in [6, 6.07) is 11.6. The zero-order valence-corrected chi connectivity index (χ0v) is 14.4. The van der Waals surface area contributed by atoms with Crippen LogP contribution < -0.4 is 10.2 Å². The van der Waals surface area contributed by atoms with Gasteiger partial charge in [-0.3, -0.25) is 0 Å². The third-order valence-electron chi connectivity index (χ3n) is 2.92. The third-order valence-corrected chi connectivity index (χ3v) is 4.16. The summed E-state index contributed by atoms with van der Waals surface area (Å²) in [6.45, 7) is 0.669. The van der Waals surface area contributed by atoms with Crippen molar-refractivity contribution in [1.29, 1.82) is 0 Å². The number of benzene rings is 2. The summed E-state index contributed by atoms with van der Waals surface area (Å²) in [7, 11) is 4.01. The molecular formula is C15H15BrCl2N2. The maximum Gasteiger partial charge on any atom is 0.0597 e. The van der Waals surface area contributed by atoms with Gasteiger partial charge in [0, 0.05) is 35.2 Å². The topological polar surface area (TPSA) is 15.3 Å². The van der Waals surface area contributed by atoms with E-state index in [0.717, 1.165) is 26.4 Å². The summed E-state index contributed by atoms with van der Waals surface area (Å²) >= 11 is 15.6. The molecule has 0 saturated carbocycles. The van der Waals surface area contributed by atoms with Crippen molar-refractivity contribution in [3.05, 3.63) is 56.5 Å². The highest BCUT2D eigenvalue weighted by molar-refractivity contribution is 9.10. The number of halogens is 3. The average molecular weight is 374 g/mol. The van der Waals surface area contributed by atoms with Gasteiger partial charge in [0.05, 0.1) is 11.4 Å². The van der Waals surface area contributed by atoms with Crippen LogP contribution in [0.3, 0.4) is 0 Å². The van der Waals surface area contributed by atoms with E-state index in [-0.39, 0.29) is 0 Å². The molecule has 1 N–H and O–H groups in total. The lowest BCUT2D eigenvalue weighted by Crippen LogP contribution is -2.12. The van der Waals surface area contributed by atoms with Crippen LogP contribution in [-0.2, 0) is 6.54 Å². The largest absolute Gasteiger partial charge is 0.379 e. The smallest absolute Gasteiger partial charge is 0.0597 e. The first kappa shape index (κ1) is 15.5. The van der Waals surface area contributed by atoms with Crippen LogP contribution in [0.4, 0.5) is 11.4 Å². The number of nitrogens with zero attached hydrogens (tertiary/aromatic N) is 1. The van der Waals surface area contributed by atoms with Crippen LogP contribution in [0, 0.1) is 0 Å². The maximum absolute atomic E-state index is 6.07. The summed E-state index contributed by atoms with van der Waals surface area (Å²) in [5, 5.41) is 4.84. The van der Waals surface area contributed by atoms with Gasteiger partial charge in [-0.25, -0.2) is 0 Å². The first-order valence-electron chi connectivity index (χ1n) is 6.12. The SMILES string of the molecule is CN(C)c1ccc(Cl)cc1NCc1cc(Cl)ccc1Br. The fourth-order valence-corrected chi connectivity index (χ4v) is 2.66. The number of hydrogen-bond donors (Lipinski definition) is 1. The lowest BCUT2D eigenvalue weighted by molar-refractivity contribution is 1.10. The van der Waals surface area contributed by atoms with Crippen LogP contribution in [-0.4, -0.2) is 14.1 Å². The van der Waals surface area contributed by atoms with E-state index in [1.807, 2.05) is 55.4 Å². The molecule has 0 spiro atoms. The average Bonchev–Trinajstić information content (AvgIpc) is 2.39. The summed E-state index contributed by atoms with van der Waals surface area (Å²) in [6.07, 6.45) is 0. The molecule has 0 heterocycles. The van der Waals surface area contributed by atoms with Gasteiger partial charge in [-0.2, -0.15) is 0 Å². The van der Waals surface area contributed by atoms with Crippen LogP contribution in [0.5, 0.6) is 0 Å². The van der Waals surface area contributed by atoms with E-state index < -0.39 is 0 Å². The zero-order chi connectivity index (χ0) is 14.7. The van der Waals surface area contributed by atoms with Gasteiger partial charge >= 0.3 is 0 Å². The minimum atomic E-state index is 0.669. The van der Waals surface area contributed by atoms with Crippen LogP contribution in [0.2, 0.25) is 10.0 Å². The second-order valence-corrected chi connectivity index (χ2v) is 6.37. The molecular weight excluding hydrogens is 359 g/mol. The molecule has 0 amide bonds. The Morgan fingerprint density at radius 3 is 2.40 bits per heavy atom. The van der Waals surface area contributed by atoms with Gasteiger partial charge in [-0.15, -0.1) is 0 Å². The molecule has 5 heteroatoms. The highest BCUT2D eigenvalue weighted by atomic mass is 79.9. The number of anilines is 2. The molecule has 2 aromatic rings. The van der Waals surface area contributed by atoms with E-state index in [1.165, 1.54) is 0 Å². The van der Waals surface area contributed by atoms with Gasteiger partial charge in [-0.1, -0.05) is 39.1 Å². The van der Waals surface area contributed by atoms with Gasteiger partial charge in [0.2, 0.25) is 0 Å². The Hall–Kier alpha value is -0.900. The van der Waals surface area contributed by atoms with Crippen LogP contribution >= 0.6 is 39.1 Å². The molecule has 0 bridgehead atoms. The lowest BCUT2D eigenvalue weighted by Gasteiger charge is -2.19. The number of hydrogen-bond acceptors (Lipinski definition) is 2. The Labute approximate surface area is 137 Å². The molecule has 0 aliphatic carbocycles. The highest BCUT2D eigenvalue weighted by Gasteiger charge is 2.07. The molecule has 0 saturated heterocycles. The second kappa shape index (κ2) is 6.70. The van der Waals surface area contributed by atoms with Crippen molar-refractivity contribution >= 4 is 50.5 Å². The second-order valence-electron chi connectivity index (χ2n) is 4.65. The quantitative estimate of drug-likeness (QED) is 0.768. The van der Waals surface area contributed by atoms with Crippen LogP contribution in [0.25, 0.3) is 0 Å². The lowest BCUT2D eigenvalue weighted by atomic mass is 10.2. The molecule has 0 atom stereocenters. The van der Waals surface area contributed by atoms with Crippen molar-refractivity contribution in [2.75, 3.05) is 24.3 Å². The molecule has 0 unspecified atom stereocenters. The Kier molecular flexibility index (Phi) is 5.19. The predicted octanol–water partition coefficient (Wildman–Crippen LogP) is 5.43. The summed E-state index contributed by atoms with van der Waals surface area (Å²) in [5.41, 5.74) is 3.18. The van der Waals surface area contributed by atoms with Crippen molar-refractivity contribution in [3.8, 4) is 0 Å². The normalized spacial score (nSPS) is 10.4. The first-order chi connectivity index (χ1) is 9.47. The minimum absolute atomic E-state index is 0.669. The molecule has 0 radical (unpaired) electrons. The van der Waals surface area contributed by atoms with Gasteiger partial charge in [0.15, 0.2) is 0 Å². The Morgan fingerprint density at radius 1 is 1.05 bits per heavy atom. The summed E-state index contributed by atoms with van der Waals surface area (Å²) < 4.78 is 1.03. The van der Waals surface area contributed by atoms with Crippen molar-refractivity contribution in [1.82, 2.24) is 0 Å². The Balaban J connectivity index is 2.22. The van der Waals surface area contributed by atoms with Gasteiger partial charge in [0.25, 0.3) is 0 Å². The molecule has 0 aliphatic heterocycles. The molecule has 2 aromatic carbocycles. The predicted molar refractivity (Wildman–Crippen MR) is 92.3 cm³/mol. The minimum Gasteiger partial charge on any atom is -0.379 e. The fraction of sp³-hybridized carbons (Fsp3) is 0.200. The molecule has 20 heavy (non-hydrogen) atoms. The zero-order valence-electron chi connectivity index (χ0n) is 11.3. The van der Waals surface area contributed by atoms with E-state index in [1.54, 1.807) is 0 Å². The highest BCUT2D eigenvalue weighted by Crippen LogP contribution is 2.29. The third kappa shape index (κ3) is 3.81. The Morgan fingerprint density at radius 2 is 1.70 bits per heavy atom. The molecule has 106 valence electrons. The van der Waals surface area contributed by atoms with Crippen LogP contribution in [0.1, 0.15) is 5.56 Å². The van der Waals surface area contributed by atoms with E-state index in [0.29, 0.717) is 11.6 Å². The molecule has 2 rings (SSSR count). The number of rotatable bonds is 4. The van der Waals surface area contributed by atoms with Gasteiger partial charge < -0.3 is 10.2 Å². The number of nitrogens with one attached hydrogen (secondary N) is 1. The molecule has 0 aromatic heterocycles. The Bertz CT molecular complexity index is 615. The van der Waals surface area contributed by atoms with E-state index in [2.05, 4.69) is 21.2 Å². The first-order valence-corrected chi connectivity index (χ1v) is 7.67. The van der Waals surface area contributed by atoms with E-state index in [4.69, 9.17) is 23.2 Å².